The van der Waals surface area contributed by atoms with Gasteiger partial charge in [-0.3, -0.25) is 0 Å². The molecule has 2 bridgehead atoms. The summed E-state index contributed by atoms with van der Waals surface area (Å²) in [7, 11) is 0. The van der Waals surface area contributed by atoms with E-state index in [1.807, 2.05) is 13.0 Å². The number of phenolic OH excluding ortho intramolecular Hbond substituents is 1. The van der Waals surface area contributed by atoms with E-state index < -0.39 is 0 Å². The smallest absolute Gasteiger partial charge is 0.118 e. The molecule has 0 aromatic heterocycles. The Morgan fingerprint density at radius 3 is 2.52 bits per heavy atom. The third-order valence-electron chi connectivity index (χ3n) is 8.02. The summed E-state index contributed by atoms with van der Waals surface area (Å²) >= 11 is 0. The van der Waals surface area contributed by atoms with E-state index in [0.717, 1.165) is 17.4 Å². The zero-order chi connectivity index (χ0) is 16.5. The molecule has 1 aromatic rings. The van der Waals surface area contributed by atoms with Crippen LogP contribution in [0.2, 0.25) is 0 Å². The van der Waals surface area contributed by atoms with Gasteiger partial charge < -0.3 is 5.11 Å². The lowest BCUT2D eigenvalue weighted by Gasteiger charge is -2.59. The molecule has 126 valence electrons. The second-order valence-electron chi connectivity index (χ2n) is 9.91. The maximum atomic E-state index is 9.93. The lowest BCUT2D eigenvalue weighted by Crippen LogP contribution is -2.51. The fraction of sp³-hybridized carbons (Fsp3) is 0.727. The van der Waals surface area contributed by atoms with Crippen LogP contribution in [0.5, 0.6) is 5.75 Å². The summed E-state index contributed by atoms with van der Waals surface area (Å²) in [5.41, 5.74) is 3.98. The van der Waals surface area contributed by atoms with Gasteiger partial charge in [-0.25, -0.2) is 0 Å². The summed E-state index contributed by atoms with van der Waals surface area (Å²) in [6.45, 7) is 9.61. The topological polar surface area (TPSA) is 20.2 Å². The van der Waals surface area contributed by atoms with Crippen LogP contribution in [0.3, 0.4) is 0 Å². The third-order valence-corrected chi connectivity index (χ3v) is 8.02. The Morgan fingerprint density at radius 2 is 1.83 bits per heavy atom. The molecule has 1 N–H and O–H groups in total. The van der Waals surface area contributed by atoms with Crippen LogP contribution >= 0.6 is 0 Å². The van der Waals surface area contributed by atoms with Crippen molar-refractivity contribution in [2.45, 2.75) is 78.1 Å². The van der Waals surface area contributed by atoms with Crippen LogP contribution in [0.15, 0.2) is 18.2 Å². The van der Waals surface area contributed by atoms with E-state index in [4.69, 9.17) is 0 Å². The molecule has 3 aliphatic carbocycles. The summed E-state index contributed by atoms with van der Waals surface area (Å²) in [4.78, 5) is 0. The number of rotatable bonds is 1. The number of aryl methyl sites for hydroxylation is 1. The highest BCUT2D eigenvalue weighted by atomic mass is 16.3. The zero-order valence-electron chi connectivity index (χ0n) is 15.3. The van der Waals surface area contributed by atoms with E-state index in [9.17, 15) is 5.11 Å². The monoisotopic (exact) mass is 312 g/mol. The van der Waals surface area contributed by atoms with Crippen molar-refractivity contribution in [2.24, 2.45) is 22.7 Å². The number of phenols is 1. The molecule has 23 heavy (non-hydrogen) atoms. The quantitative estimate of drug-likeness (QED) is 0.677. The van der Waals surface area contributed by atoms with Crippen LogP contribution in [-0.2, 0) is 5.41 Å². The van der Waals surface area contributed by atoms with E-state index in [2.05, 4.69) is 32.9 Å². The third kappa shape index (κ3) is 2.18. The summed E-state index contributed by atoms with van der Waals surface area (Å²) < 4.78 is 0. The molecule has 0 radical (unpaired) electrons. The number of fused-ring (bicyclic) bond motifs is 4. The molecule has 0 aliphatic heterocycles. The van der Waals surface area contributed by atoms with Crippen molar-refractivity contribution in [2.75, 3.05) is 0 Å². The van der Waals surface area contributed by atoms with E-state index in [0.29, 0.717) is 22.0 Å². The van der Waals surface area contributed by atoms with Gasteiger partial charge in [-0.15, -0.1) is 0 Å². The average molecular weight is 312 g/mol. The molecule has 1 heteroatoms. The van der Waals surface area contributed by atoms with Crippen molar-refractivity contribution in [1.29, 1.82) is 0 Å². The molecule has 0 amide bonds. The van der Waals surface area contributed by atoms with Crippen LogP contribution in [0.4, 0.5) is 0 Å². The van der Waals surface area contributed by atoms with Gasteiger partial charge in [0.15, 0.2) is 0 Å². The van der Waals surface area contributed by atoms with Crippen molar-refractivity contribution in [3.63, 3.8) is 0 Å². The molecule has 1 nitrogen and oxygen atoms in total. The van der Waals surface area contributed by atoms with Crippen molar-refractivity contribution in [1.82, 2.24) is 0 Å². The highest BCUT2D eigenvalue weighted by Gasteiger charge is 2.59. The van der Waals surface area contributed by atoms with E-state index >= 15 is 0 Å². The maximum absolute atomic E-state index is 9.93. The predicted molar refractivity (Wildman–Crippen MR) is 95.7 cm³/mol. The summed E-state index contributed by atoms with van der Waals surface area (Å²) in [6.07, 6.45) is 9.67. The van der Waals surface area contributed by atoms with Crippen LogP contribution in [0.25, 0.3) is 0 Å². The number of aromatic hydroxyl groups is 1. The van der Waals surface area contributed by atoms with E-state index in [-0.39, 0.29) is 0 Å². The number of hydrogen-bond donors (Lipinski definition) is 1. The molecule has 0 unspecified atom stereocenters. The first-order chi connectivity index (χ1) is 10.8. The minimum atomic E-state index is 0.360. The van der Waals surface area contributed by atoms with Crippen LogP contribution in [0.1, 0.15) is 76.8 Å². The van der Waals surface area contributed by atoms with Crippen molar-refractivity contribution in [3.05, 3.63) is 29.3 Å². The van der Waals surface area contributed by atoms with Crippen molar-refractivity contribution < 1.29 is 5.11 Å². The molecule has 1 aromatic carbocycles. The van der Waals surface area contributed by atoms with E-state index in [1.54, 1.807) is 0 Å². The fourth-order valence-electron chi connectivity index (χ4n) is 6.69. The lowest BCUT2D eigenvalue weighted by atomic mass is 9.46. The molecule has 4 rings (SSSR count). The Morgan fingerprint density at radius 1 is 1.04 bits per heavy atom. The highest BCUT2D eigenvalue weighted by molar-refractivity contribution is 5.39. The molecule has 4 atom stereocenters. The van der Waals surface area contributed by atoms with Gasteiger partial charge in [-0.1, -0.05) is 39.3 Å². The minimum absolute atomic E-state index is 0.360. The molecule has 3 aliphatic rings. The van der Waals surface area contributed by atoms with Gasteiger partial charge in [-0.05, 0) is 90.7 Å². The SMILES string of the molecule is Cc1cc([C@@]23CCC[C@@](C)(C2)[C@H]2CC(C)(C)[C@@H]2CC3)ccc1O. The van der Waals surface area contributed by atoms with Crippen LogP contribution in [-0.4, -0.2) is 5.11 Å². The summed E-state index contributed by atoms with van der Waals surface area (Å²) in [5.74, 6) is 2.31. The van der Waals surface area contributed by atoms with Gasteiger partial charge in [0, 0.05) is 0 Å². The standard InChI is InChI=1S/C22H32O/c1-15-12-16(6-7-19(15)23)22-10-5-9-21(4,14-22)18-13-20(2,3)17(18)8-11-22/h6-7,12,17-18,23H,5,8-11,13-14H2,1-4H3/t17-,18+,21+,22-/m1/s1. The van der Waals surface area contributed by atoms with E-state index in [1.165, 1.54) is 50.5 Å². The molecule has 3 fully saturated rings. The molecule has 0 saturated heterocycles. The first-order valence-electron chi connectivity index (χ1n) is 9.56. The van der Waals surface area contributed by atoms with Crippen molar-refractivity contribution in [3.8, 4) is 5.75 Å². The maximum Gasteiger partial charge on any atom is 0.118 e. The second kappa shape index (κ2) is 4.77. The average Bonchev–Trinajstić information content (AvgIpc) is 2.54. The molecule has 0 spiro atoms. The molecule has 0 heterocycles. The van der Waals surface area contributed by atoms with Crippen molar-refractivity contribution >= 4 is 0 Å². The largest absolute Gasteiger partial charge is 0.508 e. The fourth-order valence-corrected chi connectivity index (χ4v) is 6.69. The van der Waals surface area contributed by atoms with Gasteiger partial charge in [0.05, 0.1) is 0 Å². The predicted octanol–water partition coefficient (Wildman–Crippen LogP) is 5.97. The van der Waals surface area contributed by atoms with Crippen LogP contribution in [0, 0.1) is 29.6 Å². The molecule has 3 saturated carbocycles. The zero-order valence-corrected chi connectivity index (χ0v) is 15.3. The van der Waals surface area contributed by atoms with Gasteiger partial charge in [0.2, 0.25) is 0 Å². The first-order valence-corrected chi connectivity index (χ1v) is 9.56. The highest BCUT2D eigenvalue weighted by Crippen LogP contribution is 2.68. The lowest BCUT2D eigenvalue weighted by molar-refractivity contribution is -0.0932. The molecular weight excluding hydrogens is 280 g/mol. The molecular formula is C22H32O. The second-order valence-corrected chi connectivity index (χ2v) is 9.91. The Balaban J connectivity index is 1.75. The van der Waals surface area contributed by atoms with Gasteiger partial charge in [0.1, 0.15) is 5.75 Å². The van der Waals surface area contributed by atoms with Gasteiger partial charge in [0.25, 0.3) is 0 Å². The van der Waals surface area contributed by atoms with Gasteiger partial charge >= 0.3 is 0 Å². The number of hydrogen-bond acceptors (Lipinski definition) is 1. The Hall–Kier alpha value is -0.980. The normalized spacial score (nSPS) is 41.6. The first kappa shape index (κ1) is 15.5. The minimum Gasteiger partial charge on any atom is -0.508 e. The Bertz CT molecular complexity index is 631. The Labute approximate surface area is 141 Å². The summed E-state index contributed by atoms with van der Waals surface area (Å²) in [6, 6.07) is 6.42. The number of benzene rings is 1. The van der Waals surface area contributed by atoms with Crippen LogP contribution < -0.4 is 0 Å². The Kier molecular flexibility index (Phi) is 3.22. The van der Waals surface area contributed by atoms with Gasteiger partial charge in [-0.2, -0.15) is 0 Å². The summed E-state index contributed by atoms with van der Waals surface area (Å²) in [5, 5.41) is 9.93.